The highest BCUT2D eigenvalue weighted by Crippen LogP contribution is 2.31. The minimum Gasteiger partial charge on any atom is -0.328 e. The Morgan fingerprint density at radius 3 is 1.74 bits per heavy atom. The van der Waals surface area contributed by atoms with Crippen molar-refractivity contribution in [2.24, 2.45) is 5.41 Å². The van der Waals surface area contributed by atoms with E-state index < -0.39 is 0 Å². The van der Waals surface area contributed by atoms with Crippen LogP contribution in [0.15, 0.2) is 54.6 Å². The van der Waals surface area contributed by atoms with Crippen LogP contribution in [0.5, 0.6) is 0 Å². The van der Waals surface area contributed by atoms with E-state index in [2.05, 4.69) is 42.0 Å². The standard InChI is InChI=1S/C39H52N4O4/c1-28-19-20-30-33(25-28)38(47)41(35(30)44)26-39(2,3)27-43(6,7)23-11-9-8-10-22-42(4,5)24-14-21-40-36(45)31-17-12-15-29-16-13-18-32(34(29)31)37(40)46/h12-13,15-20,25H,8-11,14,21-24,26-27H2,1-7H3/q+2. The molecule has 4 amide bonds. The molecule has 2 heterocycles. The maximum atomic E-state index is 13.2. The topological polar surface area (TPSA) is 74.8 Å². The van der Waals surface area contributed by atoms with E-state index in [1.807, 2.05) is 55.5 Å². The summed E-state index contributed by atoms with van der Waals surface area (Å²) in [7, 11) is 8.94. The van der Waals surface area contributed by atoms with Gasteiger partial charge in [-0.25, -0.2) is 0 Å². The molecule has 5 rings (SSSR count). The predicted molar refractivity (Wildman–Crippen MR) is 186 cm³/mol. The average Bonchev–Trinajstić information content (AvgIpc) is 3.22. The van der Waals surface area contributed by atoms with Gasteiger partial charge in [0.25, 0.3) is 23.6 Å². The number of rotatable bonds is 15. The smallest absolute Gasteiger partial charge is 0.261 e. The molecule has 8 nitrogen and oxygen atoms in total. The van der Waals surface area contributed by atoms with Crippen molar-refractivity contribution in [3.05, 3.63) is 82.4 Å². The molecule has 0 saturated heterocycles. The van der Waals surface area contributed by atoms with Gasteiger partial charge in [-0.05, 0) is 62.3 Å². The zero-order chi connectivity index (χ0) is 34.1. The Hall–Kier alpha value is -3.88. The lowest BCUT2D eigenvalue weighted by Gasteiger charge is -2.39. The van der Waals surface area contributed by atoms with Gasteiger partial charge in [0.15, 0.2) is 0 Å². The molecule has 0 N–H and O–H groups in total. The lowest BCUT2D eigenvalue weighted by Crippen LogP contribution is -2.51. The summed E-state index contributed by atoms with van der Waals surface area (Å²) in [6, 6.07) is 16.8. The van der Waals surface area contributed by atoms with E-state index in [0.717, 1.165) is 83.6 Å². The molecule has 47 heavy (non-hydrogen) atoms. The summed E-state index contributed by atoms with van der Waals surface area (Å²) >= 11 is 0. The zero-order valence-electron chi connectivity index (χ0n) is 29.4. The molecular weight excluding hydrogens is 588 g/mol. The van der Waals surface area contributed by atoms with E-state index in [1.54, 1.807) is 6.07 Å². The van der Waals surface area contributed by atoms with Crippen LogP contribution in [0, 0.1) is 12.3 Å². The lowest BCUT2D eigenvalue weighted by molar-refractivity contribution is -0.896. The largest absolute Gasteiger partial charge is 0.328 e. The van der Waals surface area contributed by atoms with Crippen LogP contribution < -0.4 is 0 Å². The Balaban J connectivity index is 1.01. The molecule has 0 aliphatic carbocycles. The fraction of sp³-hybridized carbons (Fsp3) is 0.487. The third-order valence-electron chi connectivity index (χ3n) is 9.85. The normalized spacial score (nSPS) is 15.3. The number of unbranched alkanes of at least 4 members (excludes halogenated alkanes) is 3. The third kappa shape index (κ3) is 7.65. The molecule has 0 aromatic heterocycles. The lowest BCUT2D eigenvalue weighted by atomic mass is 9.91. The molecule has 250 valence electrons. The van der Waals surface area contributed by atoms with Crippen LogP contribution in [0.25, 0.3) is 10.8 Å². The van der Waals surface area contributed by atoms with E-state index in [9.17, 15) is 19.2 Å². The van der Waals surface area contributed by atoms with Crippen molar-refractivity contribution in [2.75, 3.05) is 67.5 Å². The zero-order valence-corrected chi connectivity index (χ0v) is 29.4. The molecule has 0 unspecified atom stereocenters. The molecule has 0 bridgehead atoms. The van der Waals surface area contributed by atoms with Gasteiger partial charge in [0.1, 0.15) is 0 Å². The highest BCUT2D eigenvalue weighted by Gasteiger charge is 2.40. The fourth-order valence-corrected chi connectivity index (χ4v) is 7.75. The number of hydrogen-bond donors (Lipinski definition) is 0. The average molecular weight is 641 g/mol. The number of hydrogen-bond acceptors (Lipinski definition) is 4. The molecule has 2 aliphatic rings. The Labute approximate surface area is 280 Å². The Morgan fingerprint density at radius 1 is 0.596 bits per heavy atom. The summed E-state index contributed by atoms with van der Waals surface area (Å²) in [6.07, 6.45) is 5.33. The number of fused-ring (bicyclic) bond motifs is 1. The summed E-state index contributed by atoms with van der Waals surface area (Å²) in [4.78, 5) is 55.3. The van der Waals surface area contributed by atoms with Gasteiger partial charge in [-0.2, -0.15) is 0 Å². The van der Waals surface area contributed by atoms with Crippen LogP contribution in [0.4, 0.5) is 0 Å². The second-order valence-corrected chi connectivity index (χ2v) is 15.8. The second-order valence-electron chi connectivity index (χ2n) is 15.8. The van der Waals surface area contributed by atoms with Gasteiger partial charge < -0.3 is 8.97 Å². The first-order chi connectivity index (χ1) is 22.1. The second kappa shape index (κ2) is 13.3. The highest BCUT2D eigenvalue weighted by atomic mass is 16.2. The van der Waals surface area contributed by atoms with E-state index in [1.165, 1.54) is 9.80 Å². The number of nitrogens with zero attached hydrogens (tertiary/aromatic N) is 4. The van der Waals surface area contributed by atoms with Gasteiger partial charge in [0, 0.05) is 41.4 Å². The van der Waals surface area contributed by atoms with Crippen LogP contribution in [0.3, 0.4) is 0 Å². The summed E-state index contributed by atoms with van der Waals surface area (Å²) in [5.74, 6) is -0.728. The first-order valence-electron chi connectivity index (χ1n) is 17.1. The molecule has 3 aromatic rings. The molecule has 0 fully saturated rings. The number of aryl methyl sites for hydroxylation is 1. The first-order valence-corrected chi connectivity index (χ1v) is 17.1. The molecule has 0 saturated carbocycles. The number of carbonyl (C=O) groups is 4. The Bertz CT molecular complexity index is 1660. The summed E-state index contributed by atoms with van der Waals surface area (Å²) in [6.45, 7) is 10.9. The van der Waals surface area contributed by atoms with E-state index in [0.29, 0.717) is 35.3 Å². The fourth-order valence-electron chi connectivity index (χ4n) is 7.75. The van der Waals surface area contributed by atoms with Gasteiger partial charge in [-0.1, -0.05) is 49.7 Å². The molecule has 0 atom stereocenters. The SMILES string of the molecule is Cc1ccc2c(c1)C(=O)N(CC(C)(C)C[N+](C)(C)CCCCCC[N+](C)(C)CCCN1C(=O)c3cccc4cccc(c34)C1=O)C2=O. The van der Waals surface area contributed by atoms with Crippen molar-refractivity contribution in [3.8, 4) is 0 Å². The first kappa shape index (κ1) is 34.5. The van der Waals surface area contributed by atoms with Crippen molar-refractivity contribution >= 4 is 34.4 Å². The third-order valence-corrected chi connectivity index (χ3v) is 9.85. The maximum absolute atomic E-state index is 13.2. The summed E-state index contributed by atoms with van der Waals surface area (Å²) < 4.78 is 1.69. The van der Waals surface area contributed by atoms with Crippen LogP contribution >= 0.6 is 0 Å². The van der Waals surface area contributed by atoms with Crippen LogP contribution in [0.1, 0.15) is 92.9 Å². The van der Waals surface area contributed by atoms with Gasteiger partial charge in [0.2, 0.25) is 0 Å². The number of imide groups is 2. The van der Waals surface area contributed by atoms with Crippen molar-refractivity contribution < 1.29 is 28.1 Å². The van der Waals surface area contributed by atoms with Crippen molar-refractivity contribution in [2.45, 2.75) is 52.9 Å². The van der Waals surface area contributed by atoms with E-state index in [-0.39, 0.29) is 29.0 Å². The van der Waals surface area contributed by atoms with E-state index >= 15 is 0 Å². The van der Waals surface area contributed by atoms with Crippen LogP contribution in [0.2, 0.25) is 0 Å². The maximum Gasteiger partial charge on any atom is 0.261 e. The number of quaternary nitrogens is 2. The molecule has 2 aliphatic heterocycles. The number of benzene rings is 3. The van der Waals surface area contributed by atoms with Crippen molar-refractivity contribution in [1.29, 1.82) is 0 Å². The van der Waals surface area contributed by atoms with Gasteiger partial charge in [-0.3, -0.25) is 29.0 Å². The number of carbonyl (C=O) groups excluding carboxylic acids is 4. The minimum absolute atomic E-state index is 0.175. The molecule has 0 spiro atoms. The Morgan fingerprint density at radius 2 is 1.13 bits per heavy atom. The van der Waals surface area contributed by atoms with Gasteiger partial charge in [-0.15, -0.1) is 0 Å². The van der Waals surface area contributed by atoms with Crippen molar-refractivity contribution in [3.63, 3.8) is 0 Å². The van der Waals surface area contributed by atoms with E-state index in [4.69, 9.17) is 0 Å². The monoisotopic (exact) mass is 640 g/mol. The molecular formula is C39H52N4O4+2. The van der Waals surface area contributed by atoms with Crippen molar-refractivity contribution in [1.82, 2.24) is 9.80 Å². The van der Waals surface area contributed by atoms with Gasteiger partial charge in [0.05, 0.1) is 65.5 Å². The molecule has 3 aromatic carbocycles. The Kier molecular flexibility index (Phi) is 9.76. The summed E-state index contributed by atoms with van der Waals surface area (Å²) in [5, 5.41) is 1.71. The van der Waals surface area contributed by atoms with Crippen LogP contribution in [-0.4, -0.2) is 110 Å². The number of amides is 4. The minimum atomic E-state index is -0.215. The van der Waals surface area contributed by atoms with Gasteiger partial charge >= 0.3 is 0 Å². The molecule has 0 radical (unpaired) electrons. The highest BCUT2D eigenvalue weighted by molar-refractivity contribution is 6.25. The summed E-state index contributed by atoms with van der Waals surface area (Å²) in [5.41, 5.74) is 3.05. The quantitative estimate of drug-likeness (QED) is 0.113. The predicted octanol–water partition coefficient (Wildman–Crippen LogP) is 6.17. The molecule has 8 heteroatoms. The van der Waals surface area contributed by atoms with Crippen LogP contribution in [-0.2, 0) is 0 Å².